The molecule has 3 rings (SSSR count). The Bertz CT molecular complexity index is 1080. The van der Waals surface area contributed by atoms with Gasteiger partial charge in [-0.2, -0.15) is 5.10 Å². The fourth-order valence-electron chi connectivity index (χ4n) is 2.63. The zero-order valence-corrected chi connectivity index (χ0v) is 18.6. The van der Waals surface area contributed by atoms with E-state index in [0.717, 1.165) is 11.1 Å². The molecule has 0 saturated carbocycles. The molecule has 2 N–H and O–H groups in total. The summed E-state index contributed by atoms with van der Waals surface area (Å²) in [6.45, 7) is 0.435. The molecule has 0 aromatic heterocycles. The molecule has 0 aliphatic rings. The fourth-order valence-corrected chi connectivity index (χ4v) is 2.94. The van der Waals surface area contributed by atoms with Crippen LogP contribution in [0.4, 0.5) is 5.69 Å². The van der Waals surface area contributed by atoms with E-state index in [1.165, 1.54) is 6.21 Å². The van der Waals surface area contributed by atoms with Gasteiger partial charge in [-0.1, -0.05) is 47.5 Å². The van der Waals surface area contributed by atoms with Crippen molar-refractivity contribution >= 4 is 46.9 Å². The van der Waals surface area contributed by atoms with Gasteiger partial charge in [0.25, 0.3) is 0 Å². The van der Waals surface area contributed by atoms with Crippen molar-refractivity contribution in [1.29, 1.82) is 0 Å². The second kappa shape index (κ2) is 11.9. The van der Waals surface area contributed by atoms with Crippen LogP contribution < -0.4 is 15.5 Å². The highest BCUT2D eigenvalue weighted by atomic mass is 35.5. The molecule has 32 heavy (non-hydrogen) atoms. The Balaban J connectivity index is 1.38. The molecule has 0 unspecified atom stereocenters. The summed E-state index contributed by atoms with van der Waals surface area (Å²) in [5.41, 5.74) is 4.73. The largest absolute Gasteiger partial charge is 0.489 e. The van der Waals surface area contributed by atoms with Gasteiger partial charge < -0.3 is 10.1 Å². The molecule has 3 aromatic carbocycles. The highest BCUT2D eigenvalue weighted by Crippen LogP contribution is 2.20. The molecule has 0 heterocycles. The topological polar surface area (TPSA) is 79.8 Å². The van der Waals surface area contributed by atoms with E-state index >= 15 is 0 Å². The molecule has 3 aromatic rings. The van der Waals surface area contributed by atoms with E-state index in [-0.39, 0.29) is 24.7 Å². The van der Waals surface area contributed by atoms with Crippen molar-refractivity contribution in [3.05, 3.63) is 94.0 Å². The maximum absolute atomic E-state index is 11.9. The van der Waals surface area contributed by atoms with Crippen LogP contribution in [-0.2, 0) is 16.2 Å². The first-order valence-corrected chi connectivity index (χ1v) is 10.6. The molecule has 6 nitrogen and oxygen atoms in total. The number of rotatable bonds is 9. The highest BCUT2D eigenvalue weighted by Gasteiger charge is 2.08. The summed E-state index contributed by atoms with van der Waals surface area (Å²) in [4.78, 5) is 23.8. The third-order valence-electron chi connectivity index (χ3n) is 4.33. The van der Waals surface area contributed by atoms with Crippen molar-refractivity contribution in [1.82, 2.24) is 5.43 Å². The predicted octanol–water partition coefficient (Wildman–Crippen LogP) is 5.44. The average molecular weight is 470 g/mol. The lowest BCUT2D eigenvalue weighted by Crippen LogP contribution is -2.20. The van der Waals surface area contributed by atoms with E-state index < -0.39 is 0 Å². The standard InChI is InChI=1S/C24H21Cl2N3O3/c25-19-9-5-18(6-10-19)16-32-20-11-7-17(8-12-20)15-27-29-24(31)14-13-23(30)28-22-4-2-1-3-21(22)26/h1-12,15H,13-14,16H2,(H,28,30)(H,29,31). The first-order valence-electron chi connectivity index (χ1n) is 9.83. The molecule has 164 valence electrons. The minimum Gasteiger partial charge on any atom is -0.489 e. The third kappa shape index (κ3) is 7.72. The number of ether oxygens (including phenoxy) is 1. The van der Waals surface area contributed by atoms with Gasteiger partial charge >= 0.3 is 0 Å². The zero-order chi connectivity index (χ0) is 22.8. The van der Waals surface area contributed by atoms with E-state index in [9.17, 15) is 9.59 Å². The summed E-state index contributed by atoms with van der Waals surface area (Å²) in [7, 11) is 0. The monoisotopic (exact) mass is 469 g/mol. The lowest BCUT2D eigenvalue weighted by atomic mass is 10.2. The van der Waals surface area contributed by atoms with Crippen molar-refractivity contribution in [2.45, 2.75) is 19.4 Å². The maximum Gasteiger partial charge on any atom is 0.240 e. The number of halogens is 2. The number of anilines is 1. The summed E-state index contributed by atoms with van der Waals surface area (Å²) in [5, 5.41) is 7.71. The molecular formula is C24H21Cl2N3O3. The van der Waals surface area contributed by atoms with Gasteiger partial charge in [-0.3, -0.25) is 9.59 Å². The van der Waals surface area contributed by atoms with Crippen LogP contribution >= 0.6 is 23.2 Å². The van der Waals surface area contributed by atoms with Gasteiger partial charge in [0.2, 0.25) is 11.8 Å². The second-order valence-electron chi connectivity index (χ2n) is 6.81. The van der Waals surface area contributed by atoms with E-state index in [0.29, 0.717) is 28.1 Å². The number of para-hydroxylation sites is 1. The molecule has 0 aliphatic carbocycles. The number of carbonyl (C=O) groups excluding carboxylic acids is 2. The molecule has 0 spiro atoms. The number of carbonyl (C=O) groups is 2. The molecule has 0 atom stereocenters. The predicted molar refractivity (Wildman–Crippen MR) is 127 cm³/mol. The fraction of sp³-hybridized carbons (Fsp3) is 0.125. The van der Waals surface area contributed by atoms with Crippen molar-refractivity contribution in [3.8, 4) is 5.75 Å². The van der Waals surface area contributed by atoms with Crippen molar-refractivity contribution < 1.29 is 14.3 Å². The number of nitrogens with one attached hydrogen (secondary N) is 2. The molecule has 0 aliphatic heterocycles. The van der Waals surface area contributed by atoms with Crippen LogP contribution in [-0.4, -0.2) is 18.0 Å². The minimum atomic E-state index is -0.363. The van der Waals surface area contributed by atoms with Crippen LogP contribution in [0.25, 0.3) is 0 Å². The zero-order valence-electron chi connectivity index (χ0n) is 17.1. The van der Waals surface area contributed by atoms with Crippen molar-refractivity contribution in [2.75, 3.05) is 5.32 Å². The summed E-state index contributed by atoms with van der Waals surface area (Å²) in [6.07, 6.45) is 1.54. The summed E-state index contributed by atoms with van der Waals surface area (Å²) in [6, 6.07) is 21.6. The van der Waals surface area contributed by atoms with Gasteiger partial charge in [-0.15, -0.1) is 0 Å². The molecule has 0 saturated heterocycles. The van der Waals surface area contributed by atoms with Gasteiger partial charge in [0, 0.05) is 17.9 Å². The number of hydrazone groups is 1. The van der Waals surface area contributed by atoms with Crippen LogP contribution in [0.15, 0.2) is 77.9 Å². The Hall–Kier alpha value is -3.35. The molecule has 2 amide bonds. The van der Waals surface area contributed by atoms with E-state index in [2.05, 4.69) is 15.8 Å². The van der Waals surface area contributed by atoms with Crippen LogP contribution in [0.1, 0.15) is 24.0 Å². The second-order valence-corrected chi connectivity index (χ2v) is 7.65. The molecular weight excluding hydrogens is 449 g/mol. The average Bonchev–Trinajstić information content (AvgIpc) is 2.80. The Morgan fingerprint density at radius 2 is 1.56 bits per heavy atom. The lowest BCUT2D eigenvalue weighted by Gasteiger charge is -2.07. The van der Waals surface area contributed by atoms with Crippen LogP contribution in [0.3, 0.4) is 0 Å². The Morgan fingerprint density at radius 3 is 2.28 bits per heavy atom. The van der Waals surface area contributed by atoms with Gasteiger partial charge in [-0.05, 0) is 59.7 Å². The lowest BCUT2D eigenvalue weighted by molar-refractivity contribution is -0.124. The van der Waals surface area contributed by atoms with Crippen LogP contribution in [0, 0.1) is 0 Å². The van der Waals surface area contributed by atoms with Crippen LogP contribution in [0.2, 0.25) is 10.0 Å². The number of hydrogen-bond acceptors (Lipinski definition) is 4. The summed E-state index contributed by atoms with van der Waals surface area (Å²) in [5.74, 6) is 0.0514. The number of nitrogens with zero attached hydrogens (tertiary/aromatic N) is 1. The molecule has 0 fully saturated rings. The van der Waals surface area contributed by atoms with Gasteiger partial charge in [-0.25, -0.2) is 5.43 Å². The highest BCUT2D eigenvalue weighted by molar-refractivity contribution is 6.33. The summed E-state index contributed by atoms with van der Waals surface area (Å²) < 4.78 is 5.73. The van der Waals surface area contributed by atoms with E-state index in [1.54, 1.807) is 24.3 Å². The Kier molecular flexibility index (Phi) is 8.66. The quantitative estimate of drug-likeness (QED) is 0.323. The van der Waals surface area contributed by atoms with E-state index in [1.807, 2.05) is 48.5 Å². The molecule has 0 radical (unpaired) electrons. The Labute approximate surface area is 196 Å². The number of hydrogen-bond donors (Lipinski definition) is 2. The van der Waals surface area contributed by atoms with Gasteiger partial charge in [0.05, 0.1) is 16.9 Å². The first kappa shape index (κ1) is 23.3. The van der Waals surface area contributed by atoms with Gasteiger partial charge in [0.15, 0.2) is 0 Å². The number of benzene rings is 3. The van der Waals surface area contributed by atoms with Gasteiger partial charge in [0.1, 0.15) is 12.4 Å². The normalized spacial score (nSPS) is 10.7. The SMILES string of the molecule is O=C(CCC(=O)Nc1ccccc1Cl)NN=Cc1ccc(OCc2ccc(Cl)cc2)cc1. The number of amides is 2. The van der Waals surface area contributed by atoms with Crippen molar-refractivity contribution in [2.24, 2.45) is 5.10 Å². The summed E-state index contributed by atoms with van der Waals surface area (Å²) >= 11 is 11.9. The minimum absolute atomic E-state index is 0.00506. The van der Waals surface area contributed by atoms with E-state index in [4.69, 9.17) is 27.9 Å². The first-order chi connectivity index (χ1) is 15.5. The molecule has 8 heteroatoms. The maximum atomic E-state index is 11.9. The molecule has 0 bridgehead atoms. The Morgan fingerprint density at radius 1 is 0.875 bits per heavy atom. The van der Waals surface area contributed by atoms with Crippen LogP contribution in [0.5, 0.6) is 5.75 Å². The smallest absolute Gasteiger partial charge is 0.240 e. The third-order valence-corrected chi connectivity index (χ3v) is 4.91. The van der Waals surface area contributed by atoms with Crippen molar-refractivity contribution in [3.63, 3.8) is 0 Å².